The summed E-state index contributed by atoms with van der Waals surface area (Å²) >= 11 is 7.44. The van der Waals surface area contributed by atoms with Gasteiger partial charge in [-0.15, -0.1) is 11.3 Å². The Balaban J connectivity index is 1.69. The van der Waals surface area contributed by atoms with E-state index in [0.717, 1.165) is 15.3 Å². The smallest absolute Gasteiger partial charge is 0.257 e. The molecule has 0 saturated carbocycles. The molecule has 0 radical (unpaired) electrons. The van der Waals surface area contributed by atoms with Crippen molar-refractivity contribution in [1.29, 1.82) is 0 Å². The van der Waals surface area contributed by atoms with Gasteiger partial charge in [0.1, 0.15) is 6.04 Å². The van der Waals surface area contributed by atoms with Crippen molar-refractivity contribution >= 4 is 46.3 Å². The maximum atomic E-state index is 13.5. The summed E-state index contributed by atoms with van der Waals surface area (Å²) in [7, 11) is 0. The van der Waals surface area contributed by atoms with Crippen molar-refractivity contribution in [3.8, 4) is 0 Å². The lowest BCUT2D eigenvalue weighted by Gasteiger charge is -2.28. The predicted molar refractivity (Wildman–Crippen MR) is 118 cm³/mol. The predicted octanol–water partition coefficient (Wildman–Crippen LogP) is 4.68. The second-order valence-electron chi connectivity index (χ2n) is 7.09. The van der Waals surface area contributed by atoms with Gasteiger partial charge in [-0.25, -0.2) is 4.90 Å². The summed E-state index contributed by atoms with van der Waals surface area (Å²) in [6.45, 7) is 2.13. The van der Waals surface area contributed by atoms with E-state index in [9.17, 15) is 14.4 Å². The van der Waals surface area contributed by atoms with Crippen molar-refractivity contribution in [2.24, 2.45) is 0 Å². The van der Waals surface area contributed by atoms with E-state index < -0.39 is 11.9 Å². The van der Waals surface area contributed by atoms with Gasteiger partial charge in [-0.05, 0) is 54.3 Å². The number of halogens is 1. The molecule has 1 aliphatic rings. The maximum absolute atomic E-state index is 13.5. The molecule has 3 amide bonds. The van der Waals surface area contributed by atoms with E-state index in [2.05, 4.69) is 0 Å². The van der Waals surface area contributed by atoms with Crippen LogP contribution in [-0.4, -0.2) is 28.7 Å². The molecule has 0 spiro atoms. The van der Waals surface area contributed by atoms with Gasteiger partial charge in [0.2, 0.25) is 5.91 Å². The number of thiophene rings is 1. The summed E-state index contributed by atoms with van der Waals surface area (Å²) in [4.78, 5) is 43.1. The third-order valence-corrected chi connectivity index (χ3v) is 6.24. The van der Waals surface area contributed by atoms with Gasteiger partial charge in [0, 0.05) is 15.5 Å². The van der Waals surface area contributed by atoms with E-state index in [1.807, 2.05) is 36.6 Å². The Hall–Kier alpha value is -2.96. The zero-order chi connectivity index (χ0) is 21.3. The van der Waals surface area contributed by atoms with Crippen LogP contribution in [0.15, 0.2) is 66.0 Å². The number of aryl methyl sites for hydroxylation is 1. The van der Waals surface area contributed by atoms with Crippen LogP contribution < -0.4 is 4.90 Å². The number of nitrogens with zero attached hydrogens (tertiary/aromatic N) is 2. The van der Waals surface area contributed by atoms with Gasteiger partial charge in [0.15, 0.2) is 0 Å². The number of amides is 3. The summed E-state index contributed by atoms with van der Waals surface area (Å²) in [6, 6.07) is 16.8. The molecule has 2 heterocycles. The van der Waals surface area contributed by atoms with E-state index >= 15 is 0 Å². The van der Waals surface area contributed by atoms with E-state index in [0.29, 0.717) is 16.3 Å². The molecule has 7 heteroatoms. The number of benzene rings is 2. The van der Waals surface area contributed by atoms with Crippen LogP contribution in [-0.2, 0) is 16.1 Å². The Morgan fingerprint density at radius 2 is 1.83 bits per heavy atom. The highest BCUT2D eigenvalue weighted by atomic mass is 35.5. The van der Waals surface area contributed by atoms with E-state index in [4.69, 9.17) is 11.6 Å². The fraction of sp³-hybridized carbons (Fsp3) is 0.174. The quantitative estimate of drug-likeness (QED) is 0.543. The summed E-state index contributed by atoms with van der Waals surface area (Å²) in [5.74, 6) is -0.993. The van der Waals surface area contributed by atoms with Gasteiger partial charge in [0.25, 0.3) is 11.8 Å². The molecule has 3 aromatic rings. The van der Waals surface area contributed by atoms with Crippen LogP contribution in [0.25, 0.3) is 0 Å². The minimum atomic E-state index is -0.859. The average molecular weight is 439 g/mol. The van der Waals surface area contributed by atoms with Gasteiger partial charge in [-0.2, -0.15) is 0 Å². The highest BCUT2D eigenvalue weighted by Crippen LogP contribution is 2.29. The lowest BCUT2D eigenvalue weighted by atomic mass is 10.1. The van der Waals surface area contributed by atoms with Crippen LogP contribution in [0, 0.1) is 6.92 Å². The Morgan fingerprint density at radius 1 is 1.10 bits per heavy atom. The number of hydrogen-bond acceptors (Lipinski definition) is 4. The standard InChI is InChI=1S/C23H19ClN2O3S/c1-15-5-2-3-7-19(15)22(28)25(14-18-6-4-12-30-18)20-13-21(27)26(23(20)29)17-10-8-16(24)9-11-17/h2-12,20H,13-14H2,1H3. The molecule has 1 unspecified atom stereocenters. The van der Waals surface area contributed by atoms with Crippen molar-refractivity contribution < 1.29 is 14.4 Å². The number of rotatable bonds is 5. The van der Waals surface area contributed by atoms with Crippen LogP contribution in [0.2, 0.25) is 5.02 Å². The fourth-order valence-corrected chi connectivity index (χ4v) is 4.41. The first-order valence-electron chi connectivity index (χ1n) is 9.47. The maximum Gasteiger partial charge on any atom is 0.257 e. The molecule has 1 aliphatic heterocycles. The van der Waals surface area contributed by atoms with Gasteiger partial charge < -0.3 is 4.90 Å². The van der Waals surface area contributed by atoms with Crippen LogP contribution in [0.5, 0.6) is 0 Å². The largest absolute Gasteiger partial charge is 0.321 e. The van der Waals surface area contributed by atoms with Crippen LogP contribution in [0.3, 0.4) is 0 Å². The fourth-order valence-electron chi connectivity index (χ4n) is 3.58. The molecule has 152 valence electrons. The number of carbonyl (C=O) groups is 3. The molecule has 1 saturated heterocycles. The summed E-state index contributed by atoms with van der Waals surface area (Å²) < 4.78 is 0. The number of hydrogen-bond donors (Lipinski definition) is 0. The second kappa shape index (κ2) is 8.42. The van der Waals surface area contributed by atoms with Gasteiger partial charge in [-0.1, -0.05) is 35.9 Å². The van der Waals surface area contributed by atoms with Crippen LogP contribution in [0.4, 0.5) is 5.69 Å². The Morgan fingerprint density at radius 3 is 2.50 bits per heavy atom. The lowest BCUT2D eigenvalue weighted by molar-refractivity contribution is -0.122. The molecular formula is C23H19ClN2O3S. The Bertz CT molecular complexity index is 1100. The molecule has 0 bridgehead atoms. The number of carbonyl (C=O) groups excluding carboxylic acids is 3. The van der Waals surface area contributed by atoms with Crippen molar-refractivity contribution in [3.05, 3.63) is 87.1 Å². The summed E-state index contributed by atoms with van der Waals surface area (Å²) in [6.07, 6.45) is -0.0511. The van der Waals surface area contributed by atoms with Gasteiger partial charge in [-0.3, -0.25) is 14.4 Å². The third kappa shape index (κ3) is 3.88. The lowest BCUT2D eigenvalue weighted by Crippen LogP contribution is -2.45. The molecule has 4 rings (SSSR count). The highest BCUT2D eigenvalue weighted by molar-refractivity contribution is 7.09. The minimum Gasteiger partial charge on any atom is -0.321 e. The number of imide groups is 1. The first-order valence-corrected chi connectivity index (χ1v) is 10.7. The van der Waals surface area contributed by atoms with Gasteiger partial charge >= 0.3 is 0 Å². The molecule has 2 aromatic carbocycles. The molecule has 0 aliphatic carbocycles. The minimum absolute atomic E-state index is 0.0511. The molecule has 0 N–H and O–H groups in total. The normalized spacial score (nSPS) is 16.2. The van der Waals surface area contributed by atoms with Gasteiger partial charge in [0.05, 0.1) is 18.7 Å². The first-order chi connectivity index (χ1) is 14.5. The summed E-state index contributed by atoms with van der Waals surface area (Å²) in [5, 5.41) is 2.44. The average Bonchev–Trinajstić information content (AvgIpc) is 3.35. The number of anilines is 1. The first kappa shape index (κ1) is 20.3. The second-order valence-corrected chi connectivity index (χ2v) is 8.56. The van der Waals surface area contributed by atoms with E-state index in [-0.39, 0.29) is 24.8 Å². The van der Waals surface area contributed by atoms with Crippen LogP contribution in [0.1, 0.15) is 27.2 Å². The molecule has 1 aromatic heterocycles. The highest BCUT2D eigenvalue weighted by Gasteiger charge is 2.44. The zero-order valence-electron chi connectivity index (χ0n) is 16.2. The zero-order valence-corrected chi connectivity index (χ0v) is 17.8. The molecule has 30 heavy (non-hydrogen) atoms. The van der Waals surface area contributed by atoms with Crippen molar-refractivity contribution in [2.45, 2.75) is 25.9 Å². The van der Waals surface area contributed by atoms with Crippen LogP contribution >= 0.6 is 22.9 Å². The Kier molecular flexibility index (Phi) is 5.70. The van der Waals surface area contributed by atoms with E-state index in [1.165, 1.54) is 16.2 Å². The SMILES string of the molecule is Cc1ccccc1C(=O)N(Cc1cccs1)C1CC(=O)N(c2ccc(Cl)cc2)C1=O. The molecule has 1 atom stereocenters. The van der Waals surface area contributed by atoms with Crippen molar-refractivity contribution in [3.63, 3.8) is 0 Å². The molecular weight excluding hydrogens is 420 g/mol. The van der Waals surface area contributed by atoms with Crippen molar-refractivity contribution in [2.75, 3.05) is 4.90 Å². The molecule has 5 nitrogen and oxygen atoms in total. The third-order valence-electron chi connectivity index (χ3n) is 5.13. The monoisotopic (exact) mass is 438 g/mol. The molecule has 1 fully saturated rings. The van der Waals surface area contributed by atoms with Crippen molar-refractivity contribution in [1.82, 2.24) is 4.90 Å². The topological polar surface area (TPSA) is 57.7 Å². The van der Waals surface area contributed by atoms with E-state index in [1.54, 1.807) is 36.4 Å². The Labute approximate surface area is 183 Å². The summed E-state index contributed by atoms with van der Waals surface area (Å²) in [5.41, 5.74) is 1.81.